The van der Waals surface area contributed by atoms with Gasteiger partial charge in [-0.3, -0.25) is 0 Å². The summed E-state index contributed by atoms with van der Waals surface area (Å²) in [7, 11) is 2.39. The van der Waals surface area contributed by atoms with Gasteiger partial charge in [-0.1, -0.05) is 6.26 Å². The zero-order valence-corrected chi connectivity index (χ0v) is 5.21. The maximum Gasteiger partial charge on any atom is 0.371 e. The van der Waals surface area contributed by atoms with Gasteiger partial charge in [0.2, 0.25) is 0 Å². The first-order valence-electron chi connectivity index (χ1n) is 2.20. The highest BCUT2D eigenvalue weighted by molar-refractivity contribution is 5.85. The highest BCUT2D eigenvalue weighted by Crippen LogP contribution is 1.93. The van der Waals surface area contributed by atoms with E-state index in [9.17, 15) is 9.90 Å². The Morgan fingerprint density at radius 3 is 2.11 bits per heavy atom. The first-order valence-corrected chi connectivity index (χ1v) is 2.20. The second kappa shape index (κ2) is 3.77. The Morgan fingerprint density at radius 1 is 1.44 bits per heavy atom. The Labute approximate surface area is 52.7 Å². The largest absolute Gasteiger partial charge is 0.875 e. The third-order valence-electron chi connectivity index (χ3n) is 0.714. The highest BCUT2D eigenvalue weighted by atomic mass is 16.6. The van der Waals surface area contributed by atoms with Gasteiger partial charge in [0.25, 0.3) is 0 Å². The molecular weight excluding hydrogens is 124 g/mol. The Morgan fingerprint density at radius 2 is 2.00 bits per heavy atom. The number of hydrogen-bond donors (Lipinski definition) is 0. The summed E-state index contributed by atoms with van der Waals surface area (Å²) in [6, 6.07) is 0. The number of esters is 1. The van der Waals surface area contributed by atoms with Crippen LogP contribution in [0.2, 0.25) is 0 Å². The summed E-state index contributed by atoms with van der Waals surface area (Å²) in [6.07, 6.45) is 0.297. The fraction of sp³-hybridized carbons (Fsp3) is 0.400. The summed E-state index contributed by atoms with van der Waals surface area (Å²) in [5.74, 6) is -1.08. The lowest BCUT2D eigenvalue weighted by Crippen LogP contribution is -2.09. The molecule has 4 heteroatoms. The molecule has 0 radical (unpaired) electrons. The molecule has 0 aromatic carbocycles. The molecule has 0 aromatic heterocycles. The average Bonchev–Trinajstić information content (AvgIpc) is 1.90. The van der Waals surface area contributed by atoms with E-state index in [-0.39, 0.29) is 5.76 Å². The predicted octanol–water partition coefficient (Wildman–Crippen LogP) is -0.993. The Bertz CT molecular complexity index is 127. The van der Waals surface area contributed by atoms with Gasteiger partial charge in [-0.2, -0.15) is 0 Å². The van der Waals surface area contributed by atoms with E-state index in [0.717, 1.165) is 0 Å². The minimum Gasteiger partial charge on any atom is -0.875 e. The van der Waals surface area contributed by atoms with Gasteiger partial charge in [0, 0.05) is 0 Å². The van der Waals surface area contributed by atoms with Crippen LogP contribution in [0.5, 0.6) is 0 Å². The second-order valence-electron chi connectivity index (χ2n) is 1.18. The van der Waals surface area contributed by atoms with Crippen LogP contribution in [-0.2, 0) is 14.3 Å². The molecule has 0 unspecified atom stereocenters. The number of carbonyl (C=O) groups excluding carboxylic acids is 1. The molecule has 0 aliphatic carbocycles. The molecule has 0 rings (SSSR count). The number of rotatable bonds is 2. The van der Waals surface area contributed by atoms with Crippen LogP contribution in [0.3, 0.4) is 0 Å². The average molecular weight is 131 g/mol. The topological polar surface area (TPSA) is 58.6 Å². The van der Waals surface area contributed by atoms with E-state index in [1.807, 2.05) is 0 Å². The van der Waals surface area contributed by atoms with Gasteiger partial charge in [-0.15, -0.1) is 0 Å². The molecule has 0 amide bonds. The van der Waals surface area contributed by atoms with E-state index < -0.39 is 5.97 Å². The van der Waals surface area contributed by atoms with E-state index in [1.54, 1.807) is 0 Å². The molecule has 4 nitrogen and oxygen atoms in total. The first kappa shape index (κ1) is 7.81. The van der Waals surface area contributed by atoms with Gasteiger partial charge in [0.15, 0.2) is 5.76 Å². The Kier molecular flexibility index (Phi) is 3.27. The van der Waals surface area contributed by atoms with Crippen molar-refractivity contribution in [2.24, 2.45) is 0 Å². The fourth-order valence-electron chi connectivity index (χ4n) is 0.280. The van der Waals surface area contributed by atoms with Gasteiger partial charge < -0.3 is 14.6 Å². The minimum absolute atomic E-state index is 0.297. The van der Waals surface area contributed by atoms with Gasteiger partial charge >= 0.3 is 5.97 Å². The normalized spacial score (nSPS) is 10.7. The monoisotopic (exact) mass is 131 g/mol. The van der Waals surface area contributed by atoms with Crippen molar-refractivity contribution in [1.82, 2.24) is 0 Å². The van der Waals surface area contributed by atoms with Crippen LogP contribution in [0.25, 0.3) is 0 Å². The van der Waals surface area contributed by atoms with E-state index in [2.05, 4.69) is 9.47 Å². The molecule has 0 aliphatic heterocycles. The molecule has 0 saturated heterocycles. The van der Waals surface area contributed by atoms with Crippen molar-refractivity contribution in [3.63, 3.8) is 0 Å². The Balaban J connectivity index is 3.97. The van der Waals surface area contributed by atoms with Crippen molar-refractivity contribution in [3.05, 3.63) is 12.0 Å². The molecule has 0 fully saturated rings. The van der Waals surface area contributed by atoms with Crippen LogP contribution in [0.1, 0.15) is 0 Å². The van der Waals surface area contributed by atoms with Crippen LogP contribution in [-0.4, -0.2) is 20.2 Å². The summed E-state index contributed by atoms with van der Waals surface area (Å²) < 4.78 is 8.49. The molecule has 0 aliphatic rings. The lowest BCUT2D eigenvalue weighted by atomic mass is 10.5. The molecule has 0 spiro atoms. The predicted molar refractivity (Wildman–Crippen MR) is 27.1 cm³/mol. The molecule has 0 bridgehead atoms. The van der Waals surface area contributed by atoms with Crippen molar-refractivity contribution < 1.29 is 19.4 Å². The fourth-order valence-corrected chi connectivity index (χ4v) is 0.280. The maximum atomic E-state index is 10.4. The van der Waals surface area contributed by atoms with Gasteiger partial charge in [0.1, 0.15) is 0 Å². The summed E-state index contributed by atoms with van der Waals surface area (Å²) in [5.41, 5.74) is 0. The van der Waals surface area contributed by atoms with Crippen molar-refractivity contribution >= 4 is 5.97 Å². The van der Waals surface area contributed by atoms with Crippen LogP contribution < -0.4 is 5.11 Å². The zero-order valence-electron chi connectivity index (χ0n) is 5.21. The summed E-state index contributed by atoms with van der Waals surface area (Å²) in [4.78, 5) is 10.4. The molecule has 0 atom stereocenters. The lowest BCUT2D eigenvalue weighted by Gasteiger charge is -2.03. The molecule has 9 heavy (non-hydrogen) atoms. The van der Waals surface area contributed by atoms with Crippen molar-refractivity contribution in [2.75, 3.05) is 14.2 Å². The van der Waals surface area contributed by atoms with Gasteiger partial charge in [0.05, 0.1) is 14.2 Å². The van der Waals surface area contributed by atoms with Gasteiger partial charge in [-0.25, -0.2) is 4.79 Å². The molecular formula is C5H7O4-. The smallest absolute Gasteiger partial charge is 0.371 e. The van der Waals surface area contributed by atoms with E-state index in [1.165, 1.54) is 14.2 Å². The maximum absolute atomic E-state index is 10.4. The summed E-state index contributed by atoms with van der Waals surface area (Å²) in [6.45, 7) is 0. The zero-order chi connectivity index (χ0) is 7.28. The number of carbonyl (C=O) groups is 1. The molecule has 0 N–H and O–H groups in total. The van der Waals surface area contributed by atoms with Crippen molar-refractivity contribution in [3.8, 4) is 0 Å². The third kappa shape index (κ3) is 2.03. The Hall–Kier alpha value is -1.19. The molecule has 0 aromatic rings. The van der Waals surface area contributed by atoms with Crippen molar-refractivity contribution in [2.45, 2.75) is 0 Å². The van der Waals surface area contributed by atoms with E-state index in [0.29, 0.717) is 6.26 Å². The molecule has 0 saturated carbocycles. The SMILES string of the molecule is COC(=O)/C(=C/[O-])OC. The van der Waals surface area contributed by atoms with E-state index >= 15 is 0 Å². The standard InChI is InChI=1S/C5H8O4/c1-8-4(3-6)5(7)9-2/h3,6H,1-2H3/p-1/b4-3-. The van der Waals surface area contributed by atoms with Gasteiger partial charge in [-0.05, 0) is 0 Å². The van der Waals surface area contributed by atoms with E-state index in [4.69, 9.17) is 0 Å². The summed E-state index contributed by atoms with van der Waals surface area (Å²) >= 11 is 0. The molecule has 52 valence electrons. The molecule has 0 heterocycles. The summed E-state index contributed by atoms with van der Waals surface area (Å²) in [5, 5.41) is 9.87. The minimum atomic E-state index is -0.757. The second-order valence-corrected chi connectivity index (χ2v) is 1.18. The van der Waals surface area contributed by atoms with Crippen LogP contribution in [0, 0.1) is 0 Å². The highest BCUT2D eigenvalue weighted by Gasteiger charge is 2.04. The number of methoxy groups -OCH3 is 2. The third-order valence-corrected chi connectivity index (χ3v) is 0.714. The number of ether oxygens (including phenoxy) is 2. The number of hydrogen-bond acceptors (Lipinski definition) is 4. The van der Waals surface area contributed by atoms with Crippen LogP contribution >= 0.6 is 0 Å². The first-order chi connectivity index (χ1) is 4.26. The van der Waals surface area contributed by atoms with Crippen LogP contribution in [0.15, 0.2) is 12.0 Å². The van der Waals surface area contributed by atoms with Crippen molar-refractivity contribution in [1.29, 1.82) is 0 Å². The lowest BCUT2D eigenvalue weighted by molar-refractivity contribution is -0.279. The van der Waals surface area contributed by atoms with Crippen LogP contribution in [0.4, 0.5) is 0 Å². The quantitative estimate of drug-likeness (QED) is 0.274.